The minimum absolute atomic E-state index is 0.0339. The van der Waals surface area contributed by atoms with E-state index < -0.39 is 15.8 Å². The second-order valence-corrected chi connectivity index (χ2v) is 8.10. The van der Waals surface area contributed by atoms with E-state index in [1.165, 1.54) is 12.1 Å². The number of aliphatic hydroxyl groups excluding tert-OH is 1. The third-order valence-corrected chi connectivity index (χ3v) is 6.04. The average molecular weight is 372 g/mol. The molecule has 1 N–H and O–H groups in total. The predicted molar refractivity (Wildman–Crippen MR) is 99.2 cm³/mol. The minimum Gasteiger partial charge on any atom is -0.505 e. The van der Waals surface area contributed by atoms with Crippen LogP contribution >= 0.6 is 0 Å². The fraction of sp³-hybridized carbons (Fsp3) is 0.211. The molecule has 0 fully saturated rings. The normalized spacial score (nSPS) is 18.0. The van der Waals surface area contributed by atoms with Gasteiger partial charge < -0.3 is 10.0 Å². The number of carbonyl (C=O) groups excluding carboxylic acids is 1. The van der Waals surface area contributed by atoms with Crippen LogP contribution in [-0.4, -0.2) is 55.7 Å². The van der Waals surface area contributed by atoms with Gasteiger partial charge in [-0.2, -0.15) is 0 Å². The highest BCUT2D eigenvalue weighted by atomic mass is 32.2. The molecule has 0 amide bonds. The molecule has 0 aromatic heterocycles. The van der Waals surface area contributed by atoms with E-state index in [-0.39, 0.29) is 28.5 Å². The van der Waals surface area contributed by atoms with E-state index in [1.54, 1.807) is 42.5 Å². The molecule has 2 aromatic rings. The second kappa shape index (κ2) is 6.93. The predicted octanol–water partition coefficient (Wildman–Crippen LogP) is 2.36. The highest BCUT2D eigenvalue weighted by molar-refractivity contribution is 7.89. The average Bonchev–Trinajstić information content (AvgIpc) is 2.63. The van der Waals surface area contributed by atoms with Crippen LogP contribution < -0.4 is 0 Å². The van der Waals surface area contributed by atoms with E-state index in [9.17, 15) is 18.3 Å². The van der Waals surface area contributed by atoms with Crippen molar-refractivity contribution in [1.82, 2.24) is 9.21 Å². The number of hydrogen-bond acceptors (Lipinski definition) is 5. The molecule has 0 saturated heterocycles. The molecule has 0 atom stereocenters. The lowest BCUT2D eigenvalue weighted by atomic mass is 10.0. The van der Waals surface area contributed by atoms with Crippen LogP contribution in [0.4, 0.5) is 0 Å². The van der Waals surface area contributed by atoms with Gasteiger partial charge in [0.25, 0.3) is 10.0 Å². The van der Waals surface area contributed by atoms with Crippen LogP contribution in [0.2, 0.25) is 0 Å². The quantitative estimate of drug-likeness (QED) is 0.658. The van der Waals surface area contributed by atoms with Gasteiger partial charge in [-0.3, -0.25) is 9.10 Å². The molecule has 26 heavy (non-hydrogen) atoms. The third kappa shape index (κ3) is 3.11. The fourth-order valence-corrected chi connectivity index (χ4v) is 4.50. The molecule has 7 heteroatoms. The molecule has 3 rings (SSSR count). The van der Waals surface area contributed by atoms with Crippen molar-refractivity contribution in [2.75, 3.05) is 27.2 Å². The van der Waals surface area contributed by atoms with E-state index >= 15 is 0 Å². The number of rotatable bonds is 4. The summed E-state index contributed by atoms with van der Waals surface area (Å²) in [5.74, 6) is -0.844. The number of Topliss-reactive ketones (excluding diaryl/α,β-unsaturated/α-hetero) is 1. The van der Waals surface area contributed by atoms with Crippen LogP contribution in [-0.2, 0) is 10.0 Å². The maximum absolute atomic E-state index is 13.1. The molecule has 136 valence electrons. The topological polar surface area (TPSA) is 77.9 Å². The van der Waals surface area contributed by atoms with E-state index in [0.717, 1.165) is 4.31 Å². The Kier molecular flexibility index (Phi) is 4.84. The summed E-state index contributed by atoms with van der Waals surface area (Å²) in [5.41, 5.74) is 0.253. The zero-order valence-electron chi connectivity index (χ0n) is 14.6. The van der Waals surface area contributed by atoms with Gasteiger partial charge in [0.2, 0.25) is 5.78 Å². The maximum atomic E-state index is 13.1. The van der Waals surface area contributed by atoms with Gasteiger partial charge in [-0.05, 0) is 26.2 Å². The largest absolute Gasteiger partial charge is 0.505 e. The standard InChI is InChI=1S/C19H20N2O4S/c1-20(2)12-13-21-17(18(22)14-8-4-3-5-9-14)19(23)15-10-6-7-11-16(15)26(21,24)25/h3-11,22H,12-13H2,1-2H3/b18-17+. The van der Waals surface area contributed by atoms with Crippen molar-refractivity contribution in [2.24, 2.45) is 0 Å². The summed E-state index contributed by atoms with van der Waals surface area (Å²) in [6.07, 6.45) is 0. The minimum atomic E-state index is -3.95. The zero-order chi connectivity index (χ0) is 18.9. The summed E-state index contributed by atoms with van der Waals surface area (Å²) in [6.45, 7) is 0.460. The maximum Gasteiger partial charge on any atom is 0.265 e. The van der Waals surface area contributed by atoms with E-state index in [0.29, 0.717) is 12.1 Å². The van der Waals surface area contributed by atoms with Crippen LogP contribution in [0.5, 0.6) is 0 Å². The number of aliphatic hydroxyl groups is 1. The van der Waals surface area contributed by atoms with Gasteiger partial charge in [-0.25, -0.2) is 8.42 Å². The first-order chi connectivity index (χ1) is 12.3. The van der Waals surface area contributed by atoms with Gasteiger partial charge >= 0.3 is 0 Å². The number of fused-ring (bicyclic) bond motifs is 1. The summed E-state index contributed by atoms with van der Waals surface area (Å²) in [5, 5.41) is 10.7. The molecular formula is C19H20N2O4S. The molecule has 2 aromatic carbocycles. The molecule has 0 bridgehead atoms. The summed E-state index contributed by atoms with van der Waals surface area (Å²) >= 11 is 0. The molecule has 1 heterocycles. The lowest BCUT2D eigenvalue weighted by molar-refractivity contribution is 0.0997. The molecule has 1 aliphatic rings. The summed E-state index contributed by atoms with van der Waals surface area (Å²) in [7, 11) is -0.321. The Morgan fingerprint density at radius 3 is 2.31 bits per heavy atom. The number of allylic oxidation sites excluding steroid dienone is 1. The van der Waals surface area contributed by atoms with Crippen molar-refractivity contribution < 1.29 is 18.3 Å². The number of carbonyl (C=O) groups is 1. The van der Waals surface area contributed by atoms with Gasteiger partial charge in [0.05, 0.1) is 4.90 Å². The first kappa shape index (κ1) is 18.2. The molecule has 6 nitrogen and oxygen atoms in total. The highest BCUT2D eigenvalue weighted by Gasteiger charge is 2.41. The summed E-state index contributed by atoms with van der Waals surface area (Å²) < 4.78 is 27.3. The fourth-order valence-electron chi connectivity index (χ4n) is 2.84. The van der Waals surface area contributed by atoms with Crippen molar-refractivity contribution in [2.45, 2.75) is 4.90 Å². The third-order valence-electron chi connectivity index (χ3n) is 4.19. The Morgan fingerprint density at radius 1 is 1.04 bits per heavy atom. The second-order valence-electron chi connectivity index (χ2n) is 6.27. The molecule has 0 radical (unpaired) electrons. The number of benzene rings is 2. The van der Waals surface area contributed by atoms with Crippen LogP contribution in [0.1, 0.15) is 15.9 Å². The van der Waals surface area contributed by atoms with Crippen LogP contribution in [0, 0.1) is 0 Å². The van der Waals surface area contributed by atoms with Crippen molar-refractivity contribution in [3.05, 3.63) is 71.4 Å². The number of sulfonamides is 1. The Morgan fingerprint density at radius 2 is 1.65 bits per heavy atom. The van der Waals surface area contributed by atoms with E-state index in [2.05, 4.69) is 0 Å². The van der Waals surface area contributed by atoms with E-state index in [1.807, 2.05) is 19.0 Å². The lowest BCUT2D eigenvalue weighted by Gasteiger charge is -2.32. The van der Waals surface area contributed by atoms with Crippen LogP contribution in [0.15, 0.2) is 65.2 Å². The van der Waals surface area contributed by atoms with Crippen LogP contribution in [0.25, 0.3) is 5.76 Å². The van der Waals surface area contributed by atoms with Crippen molar-refractivity contribution in [3.8, 4) is 0 Å². The summed E-state index contributed by atoms with van der Waals surface area (Å²) in [6, 6.07) is 14.6. The lowest BCUT2D eigenvalue weighted by Crippen LogP contribution is -2.43. The van der Waals surface area contributed by atoms with Gasteiger partial charge in [0, 0.05) is 24.2 Å². The van der Waals surface area contributed by atoms with E-state index in [4.69, 9.17) is 0 Å². The SMILES string of the molecule is CN(C)CCN1/C(=C(/O)c2ccccc2)C(=O)c2ccccc2S1(=O)=O. The van der Waals surface area contributed by atoms with Gasteiger partial charge in [-0.15, -0.1) is 0 Å². The van der Waals surface area contributed by atoms with Gasteiger partial charge in [0.15, 0.2) is 5.76 Å². The molecule has 0 unspecified atom stereocenters. The first-order valence-corrected chi connectivity index (χ1v) is 9.58. The molecule has 1 aliphatic heterocycles. The molecule has 0 spiro atoms. The first-order valence-electron chi connectivity index (χ1n) is 8.14. The Hall–Kier alpha value is -2.64. The molecular weight excluding hydrogens is 352 g/mol. The number of nitrogens with zero attached hydrogens (tertiary/aromatic N) is 2. The van der Waals surface area contributed by atoms with Crippen LogP contribution in [0.3, 0.4) is 0 Å². The summed E-state index contributed by atoms with van der Waals surface area (Å²) in [4.78, 5) is 14.8. The van der Waals surface area contributed by atoms with Crippen molar-refractivity contribution >= 4 is 21.6 Å². The monoisotopic (exact) mass is 372 g/mol. The Labute approximate surface area is 153 Å². The zero-order valence-corrected chi connectivity index (χ0v) is 15.4. The van der Waals surface area contributed by atoms with Crippen molar-refractivity contribution in [1.29, 1.82) is 0 Å². The molecule has 0 aliphatic carbocycles. The Bertz CT molecular complexity index is 966. The van der Waals surface area contributed by atoms with Crippen molar-refractivity contribution in [3.63, 3.8) is 0 Å². The number of hydrogen-bond donors (Lipinski definition) is 1. The Balaban J connectivity index is 2.25. The van der Waals surface area contributed by atoms with Gasteiger partial charge in [0.1, 0.15) is 5.70 Å². The van der Waals surface area contributed by atoms with Gasteiger partial charge in [-0.1, -0.05) is 42.5 Å². The number of ketones is 1. The molecule has 0 saturated carbocycles. The smallest absolute Gasteiger partial charge is 0.265 e. The highest BCUT2D eigenvalue weighted by Crippen LogP contribution is 2.35. The number of likely N-dealkylation sites (N-methyl/N-ethyl adjacent to an activating group) is 1.